The van der Waals surface area contributed by atoms with E-state index in [0.29, 0.717) is 23.6 Å². The quantitative estimate of drug-likeness (QED) is 0.529. The molecule has 0 bridgehead atoms. The molecule has 0 N–H and O–H groups in total. The standard InChI is InChI=1S/C21H18FN3O2/c1-25-18-5-4-16(22)12-17(18)24-21(25)15-3-6-19(20(11-15)26-2)27-13-14-7-9-23-10-8-14/h3-12H,13H2,1-2H3. The molecule has 0 aliphatic heterocycles. The molecule has 6 heteroatoms. The lowest BCUT2D eigenvalue weighted by Gasteiger charge is -2.12. The maximum absolute atomic E-state index is 13.5. The van der Waals surface area contributed by atoms with E-state index in [1.165, 1.54) is 12.1 Å². The second kappa shape index (κ2) is 7.07. The normalized spacial score (nSPS) is 10.9. The van der Waals surface area contributed by atoms with Crippen LogP contribution in [0.1, 0.15) is 5.56 Å². The summed E-state index contributed by atoms with van der Waals surface area (Å²) in [6, 6.07) is 14.0. The average molecular weight is 363 g/mol. The molecular formula is C21H18FN3O2. The van der Waals surface area contributed by atoms with Gasteiger partial charge in [0, 0.05) is 31.1 Å². The van der Waals surface area contributed by atoms with Crippen molar-refractivity contribution in [3.63, 3.8) is 0 Å². The molecule has 0 radical (unpaired) electrons. The molecule has 5 nitrogen and oxygen atoms in total. The Balaban J connectivity index is 1.66. The number of nitrogens with zero attached hydrogens (tertiary/aromatic N) is 3. The molecule has 0 amide bonds. The molecule has 4 rings (SSSR count). The molecule has 0 saturated heterocycles. The van der Waals surface area contributed by atoms with E-state index in [4.69, 9.17) is 9.47 Å². The number of halogens is 1. The van der Waals surface area contributed by atoms with Crippen LogP contribution in [0.4, 0.5) is 4.39 Å². The number of ether oxygens (including phenoxy) is 2. The SMILES string of the molecule is COc1cc(-c2nc3cc(F)ccc3n2C)ccc1OCc1ccncc1. The zero-order chi connectivity index (χ0) is 18.8. The highest BCUT2D eigenvalue weighted by Crippen LogP contribution is 2.33. The van der Waals surface area contributed by atoms with Gasteiger partial charge in [-0.3, -0.25) is 4.98 Å². The highest BCUT2D eigenvalue weighted by Gasteiger charge is 2.14. The van der Waals surface area contributed by atoms with Crippen LogP contribution in [0.2, 0.25) is 0 Å². The van der Waals surface area contributed by atoms with Crippen LogP contribution < -0.4 is 9.47 Å². The molecule has 2 heterocycles. The predicted molar refractivity (Wildman–Crippen MR) is 101 cm³/mol. The summed E-state index contributed by atoms with van der Waals surface area (Å²) >= 11 is 0. The minimum Gasteiger partial charge on any atom is -0.493 e. The number of hydrogen-bond donors (Lipinski definition) is 0. The van der Waals surface area contributed by atoms with Crippen molar-refractivity contribution in [2.75, 3.05) is 7.11 Å². The van der Waals surface area contributed by atoms with Crippen molar-refractivity contribution < 1.29 is 13.9 Å². The molecule has 2 aromatic carbocycles. The van der Waals surface area contributed by atoms with E-state index in [1.54, 1.807) is 25.6 Å². The summed E-state index contributed by atoms with van der Waals surface area (Å²) in [4.78, 5) is 8.56. The zero-order valence-electron chi connectivity index (χ0n) is 15.0. The third-order valence-electron chi connectivity index (χ3n) is 4.41. The van der Waals surface area contributed by atoms with Crippen LogP contribution in [0.3, 0.4) is 0 Å². The summed E-state index contributed by atoms with van der Waals surface area (Å²) in [5.74, 6) is 1.68. The van der Waals surface area contributed by atoms with Crippen LogP contribution >= 0.6 is 0 Å². The minimum absolute atomic E-state index is 0.301. The molecule has 0 unspecified atom stereocenters. The molecule has 136 valence electrons. The Morgan fingerprint density at radius 2 is 1.81 bits per heavy atom. The molecular weight excluding hydrogens is 345 g/mol. The van der Waals surface area contributed by atoms with E-state index in [0.717, 1.165) is 22.5 Å². The highest BCUT2D eigenvalue weighted by atomic mass is 19.1. The number of fused-ring (bicyclic) bond motifs is 1. The number of hydrogen-bond acceptors (Lipinski definition) is 4. The van der Waals surface area contributed by atoms with Crippen molar-refractivity contribution in [1.29, 1.82) is 0 Å². The number of aromatic nitrogens is 3. The number of benzene rings is 2. The monoisotopic (exact) mass is 363 g/mol. The Morgan fingerprint density at radius 1 is 1.00 bits per heavy atom. The third kappa shape index (κ3) is 3.33. The van der Waals surface area contributed by atoms with Crippen LogP contribution in [0.15, 0.2) is 60.9 Å². The van der Waals surface area contributed by atoms with Gasteiger partial charge in [-0.05, 0) is 48.0 Å². The third-order valence-corrected chi connectivity index (χ3v) is 4.41. The van der Waals surface area contributed by atoms with Gasteiger partial charge < -0.3 is 14.0 Å². The second-order valence-corrected chi connectivity index (χ2v) is 6.14. The van der Waals surface area contributed by atoms with Crippen molar-refractivity contribution in [2.24, 2.45) is 7.05 Å². The van der Waals surface area contributed by atoms with Crippen molar-refractivity contribution in [3.05, 3.63) is 72.3 Å². The molecule has 0 atom stereocenters. The summed E-state index contributed by atoms with van der Waals surface area (Å²) < 4.78 is 26.8. The molecule has 2 aromatic heterocycles. The Morgan fingerprint density at radius 3 is 2.59 bits per heavy atom. The van der Waals surface area contributed by atoms with Gasteiger partial charge >= 0.3 is 0 Å². The van der Waals surface area contributed by atoms with E-state index in [9.17, 15) is 4.39 Å². The Hall–Kier alpha value is -3.41. The van der Waals surface area contributed by atoms with Crippen LogP contribution in [-0.4, -0.2) is 21.6 Å². The first kappa shape index (κ1) is 17.0. The van der Waals surface area contributed by atoms with Gasteiger partial charge in [-0.1, -0.05) is 0 Å². The molecule has 27 heavy (non-hydrogen) atoms. The van der Waals surface area contributed by atoms with Crippen molar-refractivity contribution >= 4 is 11.0 Å². The lowest BCUT2D eigenvalue weighted by Crippen LogP contribution is -1.99. The number of pyridine rings is 1. The molecule has 0 saturated carbocycles. The second-order valence-electron chi connectivity index (χ2n) is 6.14. The van der Waals surface area contributed by atoms with Gasteiger partial charge in [0.2, 0.25) is 0 Å². The van der Waals surface area contributed by atoms with Gasteiger partial charge in [-0.25, -0.2) is 9.37 Å². The van der Waals surface area contributed by atoms with E-state index >= 15 is 0 Å². The van der Waals surface area contributed by atoms with Crippen molar-refractivity contribution in [3.8, 4) is 22.9 Å². The highest BCUT2D eigenvalue weighted by molar-refractivity contribution is 5.81. The average Bonchev–Trinajstić information content (AvgIpc) is 3.02. The number of rotatable bonds is 5. The smallest absolute Gasteiger partial charge is 0.161 e. The van der Waals surface area contributed by atoms with Gasteiger partial charge in [-0.15, -0.1) is 0 Å². The number of imidazole rings is 1. The zero-order valence-corrected chi connectivity index (χ0v) is 15.0. The maximum atomic E-state index is 13.5. The van der Waals surface area contributed by atoms with E-state index in [2.05, 4.69) is 9.97 Å². The van der Waals surface area contributed by atoms with Crippen LogP contribution in [-0.2, 0) is 13.7 Å². The summed E-state index contributed by atoms with van der Waals surface area (Å²) in [5.41, 5.74) is 3.36. The van der Waals surface area contributed by atoms with Crippen molar-refractivity contribution in [1.82, 2.24) is 14.5 Å². The van der Waals surface area contributed by atoms with Crippen LogP contribution in [0, 0.1) is 5.82 Å². The van der Waals surface area contributed by atoms with Crippen LogP contribution in [0.5, 0.6) is 11.5 Å². The van der Waals surface area contributed by atoms with Crippen LogP contribution in [0.25, 0.3) is 22.4 Å². The summed E-state index contributed by atoms with van der Waals surface area (Å²) in [6.07, 6.45) is 3.46. The topological polar surface area (TPSA) is 49.2 Å². The Bertz CT molecular complexity index is 1090. The molecule has 0 aliphatic carbocycles. The van der Waals surface area contributed by atoms with Gasteiger partial charge in [0.05, 0.1) is 18.1 Å². The molecule has 0 fully saturated rings. The van der Waals surface area contributed by atoms with E-state index in [-0.39, 0.29) is 5.82 Å². The van der Waals surface area contributed by atoms with Gasteiger partial charge in [-0.2, -0.15) is 0 Å². The maximum Gasteiger partial charge on any atom is 0.161 e. The van der Waals surface area contributed by atoms with Crippen molar-refractivity contribution in [2.45, 2.75) is 6.61 Å². The predicted octanol–water partition coefficient (Wildman–Crippen LogP) is 4.36. The summed E-state index contributed by atoms with van der Waals surface area (Å²) in [7, 11) is 3.51. The molecule has 0 spiro atoms. The fourth-order valence-electron chi connectivity index (χ4n) is 3.00. The number of aryl methyl sites for hydroxylation is 1. The fourth-order valence-corrected chi connectivity index (χ4v) is 3.00. The minimum atomic E-state index is -0.301. The number of methoxy groups -OCH3 is 1. The van der Waals surface area contributed by atoms with E-state index < -0.39 is 0 Å². The van der Waals surface area contributed by atoms with E-state index in [1.807, 2.05) is 41.9 Å². The summed E-state index contributed by atoms with van der Waals surface area (Å²) in [5, 5.41) is 0. The first-order valence-corrected chi connectivity index (χ1v) is 8.48. The van der Waals surface area contributed by atoms with Gasteiger partial charge in [0.1, 0.15) is 18.2 Å². The fraction of sp³-hybridized carbons (Fsp3) is 0.143. The molecule has 0 aliphatic rings. The van der Waals surface area contributed by atoms with Gasteiger partial charge in [0.15, 0.2) is 11.5 Å². The molecule has 4 aromatic rings. The van der Waals surface area contributed by atoms with Gasteiger partial charge in [0.25, 0.3) is 0 Å². The summed E-state index contributed by atoms with van der Waals surface area (Å²) in [6.45, 7) is 0.420. The lowest BCUT2D eigenvalue weighted by molar-refractivity contribution is 0.284. The first-order chi connectivity index (χ1) is 13.2. The Labute approximate surface area is 156 Å². The Kier molecular flexibility index (Phi) is 4.46. The first-order valence-electron chi connectivity index (χ1n) is 8.48. The largest absolute Gasteiger partial charge is 0.493 e. The lowest BCUT2D eigenvalue weighted by atomic mass is 10.2.